The van der Waals surface area contributed by atoms with Gasteiger partial charge in [0.1, 0.15) is 0 Å². The van der Waals surface area contributed by atoms with Crippen LogP contribution >= 0.6 is 0 Å². The van der Waals surface area contributed by atoms with Gasteiger partial charge in [0, 0.05) is 39.1 Å². The minimum absolute atomic E-state index is 0.0864. The van der Waals surface area contributed by atoms with Crippen molar-refractivity contribution in [2.24, 2.45) is 0 Å². The first-order chi connectivity index (χ1) is 15.8. The van der Waals surface area contributed by atoms with Gasteiger partial charge in [0.25, 0.3) is 0 Å². The predicted octanol–water partition coefficient (Wildman–Crippen LogP) is 5.65. The molecule has 1 saturated heterocycles. The molecule has 1 heterocycles. The molecular formula is C27H27F3N2O. The molecule has 4 rings (SSSR count). The Morgan fingerprint density at radius 1 is 0.879 bits per heavy atom. The minimum atomic E-state index is -4.39. The average Bonchev–Trinajstić information content (AvgIpc) is 2.80. The van der Waals surface area contributed by atoms with E-state index in [-0.39, 0.29) is 17.5 Å². The second kappa shape index (κ2) is 9.79. The van der Waals surface area contributed by atoms with Gasteiger partial charge in [0.2, 0.25) is 5.91 Å². The van der Waals surface area contributed by atoms with Crippen molar-refractivity contribution in [3.05, 3.63) is 95.6 Å². The topological polar surface area (TPSA) is 23.6 Å². The van der Waals surface area contributed by atoms with Gasteiger partial charge in [-0.25, -0.2) is 0 Å². The lowest BCUT2D eigenvalue weighted by molar-refractivity contribution is -0.137. The van der Waals surface area contributed by atoms with Gasteiger partial charge in [-0.05, 0) is 34.7 Å². The molecule has 1 aliphatic rings. The summed E-state index contributed by atoms with van der Waals surface area (Å²) in [6.45, 7) is 4.50. The van der Waals surface area contributed by atoms with Crippen molar-refractivity contribution >= 4 is 5.91 Å². The maximum Gasteiger partial charge on any atom is 0.417 e. The van der Waals surface area contributed by atoms with Crippen molar-refractivity contribution in [3.8, 4) is 11.1 Å². The standard InChI is InChI=1S/C27H27F3N2O/c1-20(33)32-16-15-31(19-24(32)17-21-7-3-2-4-8-21)18-22-11-13-23(14-12-22)25-9-5-6-10-26(25)27(28,29)30/h2-14,24H,15-19H2,1H3. The Morgan fingerprint density at radius 2 is 1.55 bits per heavy atom. The highest BCUT2D eigenvalue weighted by molar-refractivity contribution is 5.73. The highest BCUT2D eigenvalue weighted by Gasteiger charge is 2.33. The van der Waals surface area contributed by atoms with Gasteiger partial charge in [-0.3, -0.25) is 9.69 Å². The molecule has 1 amide bonds. The number of hydrogen-bond donors (Lipinski definition) is 0. The van der Waals surface area contributed by atoms with Crippen LogP contribution in [0.15, 0.2) is 78.9 Å². The molecule has 1 unspecified atom stereocenters. The third-order valence-electron chi connectivity index (χ3n) is 6.19. The SMILES string of the molecule is CC(=O)N1CCN(Cc2ccc(-c3ccccc3C(F)(F)F)cc2)CC1Cc1ccccc1. The van der Waals surface area contributed by atoms with Crippen molar-refractivity contribution < 1.29 is 18.0 Å². The molecule has 0 spiro atoms. The summed E-state index contributed by atoms with van der Waals surface area (Å²) in [7, 11) is 0. The Bertz CT molecular complexity index is 1080. The summed E-state index contributed by atoms with van der Waals surface area (Å²) in [4.78, 5) is 16.4. The third-order valence-corrected chi connectivity index (χ3v) is 6.19. The average molecular weight is 453 g/mol. The molecule has 3 aromatic carbocycles. The molecule has 0 bridgehead atoms. The zero-order valence-electron chi connectivity index (χ0n) is 18.6. The van der Waals surface area contributed by atoms with E-state index < -0.39 is 11.7 Å². The van der Waals surface area contributed by atoms with Crippen molar-refractivity contribution in [2.75, 3.05) is 19.6 Å². The van der Waals surface area contributed by atoms with Crippen LogP contribution in [-0.4, -0.2) is 41.4 Å². The number of carbonyl (C=O) groups excluding carboxylic acids is 1. The zero-order chi connectivity index (χ0) is 23.4. The van der Waals surface area contributed by atoms with Crippen LogP contribution in [0, 0.1) is 0 Å². The number of piperazine rings is 1. The fraction of sp³-hybridized carbons (Fsp3) is 0.296. The Kier molecular flexibility index (Phi) is 6.84. The van der Waals surface area contributed by atoms with Crippen LogP contribution in [0.5, 0.6) is 0 Å². The highest BCUT2D eigenvalue weighted by atomic mass is 19.4. The normalized spacial score (nSPS) is 17.2. The largest absolute Gasteiger partial charge is 0.417 e. The number of rotatable bonds is 5. The minimum Gasteiger partial charge on any atom is -0.337 e. The van der Waals surface area contributed by atoms with E-state index in [0.29, 0.717) is 18.7 Å². The summed E-state index contributed by atoms with van der Waals surface area (Å²) in [5.41, 5.74) is 2.35. The van der Waals surface area contributed by atoms with Gasteiger partial charge in [0.15, 0.2) is 0 Å². The van der Waals surface area contributed by atoms with E-state index in [2.05, 4.69) is 17.0 Å². The molecule has 0 saturated carbocycles. The summed E-state index contributed by atoms with van der Waals surface area (Å²) in [5, 5.41) is 0. The molecule has 1 atom stereocenters. The monoisotopic (exact) mass is 452 g/mol. The predicted molar refractivity (Wildman–Crippen MR) is 123 cm³/mol. The molecule has 172 valence electrons. The van der Waals surface area contributed by atoms with E-state index in [1.165, 1.54) is 17.7 Å². The highest BCUT2D eigenvalue weighted by Crippen LogP contribution is 2.37. The van der Waals surface area contributed by atoms with E-state index in [1.807, 2.05) is 35.2 Å². The summed E-state index contributed by atoms with van der Waals surface area (Å²) in [6, 6.07) is 23.2. The fourth-order valence-corrected chi connectivity index (χ4v) is 4.57. The Hall–Kier alpha value is -3.12. The molecule has 1 aliphatic heterocycles. The zero-order valence-corrected chi connectivity index (χ0v) is 18.6. The van der Waals surface area contributed by atoms with Crippen LogP contribution in [0.1, 0.15) is 23.6 Å². The molecule has 3 aromatic rings. The van der Waals surface area contributed by atoms with Gasteiger partial charge in [0.05, 0.1) is 5.56 Å². The van der Waals surface area contributed by atoms with Crippen molar-refractivity contribution in [2.45, 2.75) is 32.1 Å². The van der Waals surface area contributed by atoms with E-state index in [4.69, 9.17) is 0 Å². The van der Waals surface area contributed by atoms with Crippen LogP contribution < -0.4 is 0 Å². The van der Waals surface area contributed by atoms with Crippen molar-refractivity contribution in [1.82, 2.24) is 9.80 Å². The summed E-state index contributed by atoms with van der Waals surface area (Å²) in [5.74, 6) is 0.0864. The molecule has 0 aliphatic carbocycles. The van der Waals surface area contributed by atoms with E-state index in [0.717, 1.165) is 31.1 Å². The van der Waals surface area contributed by atoms with Gasteiger partial charge < -0.3 is 4.90 Å². The first-order valence-corrected chi connectivity index (χ1v) is 11.1. The third kappa shape index (κ3) is 5.63. The molecule has 6 heteroatoms. The summed E-state index contributed by atoms with van der Waals surface area (Å²) < 4.78 is 40.1. The molecule has 33 heavy (non-hydrogen) atoms. The number of hydrogen-bond acceptors (Lipinski definition) is 2. The fourth-order valence-electron chi connectivity index (χ4n) is 4.57. The first kappa shape index (κ1) is 23.1. The maximum absolute atomic E-state index is 13.4. The Balaban J connectivity index is 1.47. The van der Waals surface area contributed by atoms with E-state index in [9.17, 15) is 18.0 Å². The smallest absolute Gasteiger partial charge is 0.337 e. The van der Waals surface area contributed by atoms with Crippen molar-refractivity contribution in [3.63, 3.8) is 0 Å². The lowest BCUT2D eigenvalue weighted by atomic mass is 9.98. The number of benzene rings is 3. The number of alkyl halides is 3. The van der Waals surface area contributed by atoms with E-state index in [1.54, 1.807) is 25.1 Å². The maximum atomic E-state index is 13.4. The number of halogens is 3. The van der Waals surface area contributed by atoms with Gasteiger partial charge in [-0.1, -0.05) is 72.8 Å². The number of amides is 1. The van der Waals surface area contributed by atoms with Gasteiger partial charge in [-0.2, -0.15) is 13.2 Å². The van der Waals surface area contributed by atoms with Crippen LogP contribution in [0.3, 0.4) is 0 Å². The van der Waals surface area contributed by atoms with Crippen LogP contribution in [-0.2, 0) is 23.9 Å². The second-order valence-corrected chi connectivity index (χ2v) is 8.53. The molecule has 0 radical (unpaired) electrons. The van der Waals surface area contributed by atoms with E-state index >= 15 is 0 Å². The summed E-state index contributed by atoms with van der Waals surface area (Å²) >= 11 is 0. The molecule has 1 fully saturated rings. The molecule has 0 aromatic heterocycles. The number of nitrogens with zero attached hydrogens (tertiary/aromatic N) is 2. The lowest BCUT2D eigenvalue weighted by Crippen LogP contribution is -2.55. The summed E-state index contributed by atoms with van der Waals surface area (Å²) in [6.07, 6.45) is -3.59. The molecule has 3 nitrogen and oxygen atoms in total. The molecular weight excluding hydrogens is 425 g/mol. The van der Waals surface area contributed by atoms with Gasteiger partial charge >= 0.3 is 6.18 Å². The van der Waals surface area contributed by atoms with Crippen LogP contribution in [0.25, 0.3) is 11.1 Å². The lowest BCUT2D eigenvalue weighted by Gasteiger charge is -2.41. The molecule has 0 N–H and O–H groups in total. The number of carbonyl (C=O) groups is 1. The second-order valence-electron chi connectivity index (χ2n) is 8.53. The van der Waals surface area contributed by atoms with Crippen LogP contribution in [0.2, 0.25) is 0 Å². The first-order valence-electron chi connectivity index (χ1n) is 11.1. The Labute approximate surface area is 192 Å². The van der Waals surface area contributed by atoms with Crippen LogP contribution in [0.4, 0.5) is 13.2 Å². The van der Waals surface area contributed by atoms with Crippen molar-refractivity contribution in [1.29, 1.82) is 0 Å². The van der Waals surface area contributed by atoms with Gasteiger partial charge in [-0.15, -0.1) is 0 Å². The quantitative estimate of drug-likeness (QED) is 0.500. The Morgan fingerprint density at radius 3 is 2.21 bits per heavy atom.